The number of nitrogens with one attached hydrogen (secondary N) is 2. The van der Waals surface area contributed by atoms with Crippen LogP contribution in [0.2, 0.25) is 0 Å². The molecule has 120 valence electrons. The summed E-state index contributed by atoms with van der Waals surface area (Å²) in [5.74, 6) is 0.739. The van der Waals surface area contributed by atoms with E-state index < -0.39 is 0 Å². The Balaban J connectivity index is 1.75. The summed E-state index contributed by atoms with van der Waals surface area (Å²) >= 11 is 0. The van der Waals surface area contributed by atoms with Crippen LogP contribution in [-0.4, -0.2) is 18.4 Å². The van der Waals surface area contributed by atoms with Crippen LogP contribution in [0.25, 0.3) is 0 Å². The highest BCUT2D eigenvalue weighted by molar-refractivity contribution is 5.95. The maximum absolute atomic E-state index is 11.9. The first-order chi connectivity index (χ1) is 10.7. The molecular formula is C17H24N2O3. The monoisotopic (exact) mass is 304 g/mol. The second-order valence-electron chi connectivity index (χ2n) is 5.67. The third-order valence-corrected chi connectivity index (χ3v) is 3.94. The molecule has 1 aliphatic carbocycles. The lowest BCUT2D eigenvalue weighted by Crippen LogP contribution is -2.42. The van der Waals surface area contributed by atoms with Crippen molar-refractivity contribution in [1.29, 1.82) is 0 Å². The summed E-state index contributed by atoms with van der Waals surface area (Å²) in [6.45, 7) is 2.49. The molecule has 2 amide bonds. The SMILES string of the molecule is CCOc1ccc(C(=O)NNC(=O)CC2CCCCC2)cc1. The number of benzene rings is 1. The van der Waals surface area contributed by atoms with E-state index in [4.69, 9.17) is 4.74 Å². The molecule has 0 aliphatic heterocycles. The van der Waals surface area contributed by atoms with Crippen molar-refractivity contribution in [3.05, 3.63) is 29.8 Å². The first-order valence-electron chi connectivity index (χ1n) is 8.01. The van der Waals surface area contributed by atoms with Gasteiger partial charge in [0.15, 0.2) is 0 Å². The van der Waals surface area contributed by atoms with Crippen LogP contribution >= 0.6 is 0 Å². The molecule has 1 saturated carbocycles. The maximum atomic E-state index is 11.9. The molecule has 0 spiro atoms. The van der Waals surface area contributed by atoms with E-state index >= 15 is 0 Å². The summed E-state index contributed by atoms with van der Waals surface area (Å²) in [5, 5.41) is 0. The summed E-state index contributed by atoms with van der Waals surface area (Å²) in [6, 6.07) is 6.83. The summed E-state index contributed by atoms with van der Waals surface area (Å²) in [7, 11) is 0. The first kappa shape index (κ1) is 16.3. The standard InChI is InChI=1S/C17H24N2O3/c1-2-22-15-10-8-14(9-11-15)17(21)19-18-16(20)12-13-6-4-3-5-7-13/h8-11,13H,2-7,12H2,1H3,(H,18,20)(H,19,21). The van der Waals surface area contributed by atoms with Gasteiger partial charge in [-0.2, -0.15) is 0 Å². The summed E-state index contributed by atoms with van der Waals surface area (Å²) in [4.78, 5) is 23.8. The molecule has 1 aromatic rings. The highest BCUT2D eigenvalue weighted by atomic mass is 16.5. The summed E-state index contributed by atoms with van der Waals surface area (Å²) < 4.78 is 5.32. The van der Waals surface area contributed by atoms with E-state index in [1.807, 2.05) is 6.92 Å². The van der Waals surface area contributed by atoms with Crippen molar-refractivity contribution >= 4 is 11.8 Å². The average Bonchev–Trinajstić information content (AvgIpc) is 2.54. The van der Waals surface area contributed by atoms with Crippen LogP contribution in [0.5, 0.6) is 5.75 Å². The predicted octanol–water partition coefficient (Wildman–Crippen LogP) is 2.82. The Kier molecular flexibility index (Phi) is 6.25. The Morgan fingerprint density at radius 3 is 2.41 bits per heavy atom. The fourth-order valence-electron chi connectivity index (χ4n) is 2.77. The predicted molar refractivity (Wildman–Crippen MR) is 84.4 cm³/mol. The van der Waals surface area contributed by atoms with Crippen LogP contribution in [-0.2, 0) is 4.79 Å². The van der Waals surface area contributed by atoms with E-state index in [2.05, 4.69) is 10.9 Å². The number of amides is 2. The van der Waals surface area contributed by atoms with Gasteiger partial charge in [-0.3, -0.25) is 20.4 Å². The third-order valence-electron chi connectivity index (χ3n) is 3.94. The van der Waals surface area contributed by atoms with E-state index in [-0.39, 0.29) is 11.8 Å². The van der Waals surface area contributed by atoms with Crippen molar-refractivity contribution in [2.45, 2.75) is 45.4 Å². The molecule has 0 unspecified atom stereocenters. The van der Waals surface area contributed by atoms with Crippen molar-refractivity contribution in [2.24, 2.45) is 5.92 Å². The highest BCUT2D eigenvalue weighted by Gasteiger charge is 2.17. The van der Waals surface area contributed by atoms with Gasteiger partial charge in [0.1, 0.15) is 5.75 Å². The van der Waals surface area contributed by atoms with Crippen LogP contribution in [0.15, 0.2) is 24.3 Å². The van der Waals surface area contributed by atoms with Gasteiger partial charge in [0, 0.05) is 12.0 Å². The number of ether oxygens (including phenoxy) is 1. The van der Waals surface area contributed by atoms with E-state index in [9.17, 15) is 9.59 Å². The Morgan fingerprint density at radius 1 is 1.09 bits per heavy atom. The zero-order valence-corrected chi connectivity index (χ0v) is 13.1. The van der Waals surface area contributed by atoms with Gasteiger partial charge in [-0.05, 0) is 49.9 Å². The molecule has 1 aromatic carbocycles. The molecule has 5 heteroatoms. The number of hydrazine groups is 1. The first-order valence-corrected chi connectivity index (χ1v) is 8.01. The second-order valence-corrected chi connectivity index (χ2v) is 5.67. The number of rotatable bonds is 5. The van der Waals surface area contributed by atoms with Gasteiger partial charge in [-0.15, -0.1) is 0 Å². The molecule has 0 radical (unpaired) electrons. The molecule has 0 bridgehead atoms. The summed E-state index contributed by atoms with van der Waals surface area (Å²) in [5.41, 5.74) is 5.45. The Morgan fingerprint density at radius 2 is 1.77 bits per heavy atom. The van der Waals surface area contributed by atoms with Crippen LogP contribution in [0.4, 0.5) is 0 Å². The lowest BCUT2D eigenvalue weighted by molar-refractivity contribution is -0.123. The van der Waals surface area contributed by atoms with Gasteiger partial charge in [-0.1, -0.05) is 19.3 Å². The van der Waals surface area contributed by atoms with Crippen molar-refractivity contribution in [3.63, 3.8) is 0 Å². The summed E-state index contributed by atoms with van der Waals surface area (Å²) in [6.07, 6.45) is 6.39. The van der Waals surface area contributed by atoms with Gasteiger partial charge < -0.3 is 4.74 Å². The highest BCUT2D eigenvalue weighted by Crippen LogP contribution is 2.25. The molecule has 5 nitrogen and oxygen atoms in total. The van der Waals surface area contributed by atoms with E-state index in [0.29, 0.717) is 24.5 Å². The van der Waals surface area contributed by atoms with Crippen molar-refractivity contribution < 1.29 is 14.3 Å². The molecule has 1 fully saturated rings. The average molecular weight is 304 g/mol. The number of hydrogen-bond donors (Lipinski definition) is 2. The minimum Gasteiger partial charge on any atom is -0.494 e. The second kappa shape index (κ2) is 8.41. The molecule has 0 aromatic heterocycles. The molecule has 0 heterocycles. The zero-order valence-electron chi connectivity index (χ0n) is 13.1. The minimum absolute atomic E-state index is 0.119. The van der Waals surface area contributed by atoms with Gasteiger partial charge in [0.05, 0.1) is 6.61 Å². The van der Waals surface area contributed by atoms with Gasteiger partial charge in [0.2, 0.25) is 5.91 Å². The van der Waals surface area contributed by atoms with E-state index in [1.165, 1.54) is 19.3 Å². The van der Waals surface area contributed by atoms with Crippen molar-refractivity contribution in [3.8, 4) is 5.75 Å². The lowest BCUT2D eigenvalue weighted by atomic mass is 9.87. The Hall–Kier alpha value is -2.04. The largest absolute Gasteiger partial charge is 0.494 e. The Labute approximate surface area is 131 Å². The van der Waals surface area contributed by atoms with Crippen LogP contribution in [0.3, 0.4) is 0 Å². The van der Waals surface area contributed by atoms with Crippen molar-refractivity contribution in [2.75, 3.05) is 6.61 Å². The number of carbonyl (C=O) groups is 2. The number of carbonyl (C=O) groups excluding carboxylic acids is 2. The smallest absolute Gasteiger partial charge is 0.269 e. The van der Waals surface area contributed by atoms with Crippen LogP contribution in [0, 0.1) is 5.92 Å². The molecule has 2 N–H and O–H groups in total. The topological polar surface area (TPSA) is 67.4 Å². The van der Waals surface area contributed by atoms with Gasteiger partial charge in [0.25, 0.3) is 5.91 Å². The van der Waals surface area contributed by atoms with Gasteiger partial charge in [-0.25, -0.2) is 0 Å². The number of hydrogen-bond acceptors (Lipinski definition) is 3. The molecular weight excluding hydrogens is 280 g/mol. The van der Waals surface area contributed by atoms with E-state index in [1.54, 1.807) is 24.3 Å². The molecule has 0 saturated heterocycles. The third kappa shape index (κ3) is 5.06. The van der Waals surface area contributed by atoms with E-state index in [0.717, 1.165) is 18.6 Å². The molecule has 2 rings (SSSR count). The van der Waals surface area contributed by atoms with Crippen LogP contribution in [0.1, 0.15) is 55.8 Å². The van der Waals surface area contributed by atoms with Crippen molar-refractivity contribution in [1.82, 2.24) is 10.9 Å². The quantitative estimate of drug-likeness (QED) is 0.822. The van der Waals surface area contributed by atoms with Gasteiger partial charge >= 0.3 is 0 Å². The molecule has 22 heavy (non-hydrogen) atoms. The normalized spacial score (nSPS) is 15.1. The lowest BCUT2D eigenvalue weighted by Gasteiger charge is -2.20. The molecule has 1 aliphatic rings. The molecule has 0 atom stereocenters. The fraction of sp³-hybridized carbons (Fsp3) is 0.529. The minimum atomic E-state index is -0.319. The zero-order chi connectivity index (χ0) is 15.8. The Bertz CT molecular complexity index is 493. The maximum Gasteiger partial charge on any atom is 0.269 e. The fourth-order valence-corrected chi connectivity index (χ4v) is 2.77. The van der Waals surface area contributed by atoms with Crippen LogP contribution < -0.4 is 15.6 Å².